The van der Waals surface area contributed by atoms with Crippen molar-refractivity contribution >= 4 is 5.91 Å². The molecule has 0 aliphatic rings. The maximum Gasteiger partial charge on any atom is 0.273 e. The summed E-state index contributed by atoms with van der Waals surface area (Å²) < 4.78 is 5.30. The lowest BCUT2D eigenvalue weighted by atomic mass is 10.2. The van der Waals surface area contributed by atoms with Crippen LogP contribution in [0.15, 0.2) is 59.3 Å². The molecule has 0 saturated heterocycles. The van der Waals surface area contributed by atoms with Crippen LogP contribution in [0.4, 0.5) is 0 Å². The van der Waals surface area contributed by atoms with E-state index in [2.05, 4.69) is 32.5 Å². The van der Waals surface area contributed by atoms with Gasteiger partial charge in [0.25, 0.3) is 5.91 Å². The summed E-state index contributed by atoms with van der Waals surface area (Å²) in [5.74, 6) is 0.387. The molecule has 0 saturated carbocycles. The van der Waals surface area contributed by atoms with Gasteiger partial charge in [0.15, 0.2) is 11.5 Å². The van der Waals surface area contributed by atoms with Gasteiger partial charge in [-0.3, -0.25) is 14.7 Å². The third-order valence-corrected chi connectivity index (χ3v) is 4.05. The lowest BCUT2D eigenvalue weighted by molar-refractivity contribution is 0.0941. The normalized spacial score (nSPS) is 10.9. The van der Waals surface area contributed by atoms with Gasteiger partial charge >= 0.3 is 0 Å². The van der Waals surface area contributed by atoms with Gasteiger partial charge in [-0.2, -0.15) is 0 Å². The second-order valence-corrected chi connectivity index (χ2v) is 6.29. The highest BCUT2D eigenvalue weighted by atomic mass is 16.5. The van der Waals surface area contributed by atoms with Crippen LogP contribution in [0.25, 0.3) is 0 Å². The standard InChI is InChI=1S/C20H22N4O2/c1-15-7-6-10-21-19(15)12-22-20(25)18-11-17(26-23-18)14-24(2)13-16-8-4-3-5-9-16/h3-11H,12-14H2,1-2H3,(H,22,25). The van der Waals surface area contributed by atoms with Crippen molar-refractivity contribution in [3.8, 4) is 0 Å². The van der Waals surface area contributed by atoms with Crippen molar-refractivity contribution in [3.05, 3.63) is 83.0 Å². The molecule has 134 valence electrons. The van der Waals surface area contributed by atoms with Gasteiger partial charge in [-0.25, -0.2) is 0 Å². The average molecular weight is 350 g/mol. The lowest BCUT2D eigenvalue weighted by Crippen LogP contribution is -2.24. The van der Waals surface area contributed by atoms with E-state index in [0.29, 0.717) is 18.8 Å². The molecule has 0 atom stereocenters. The van der Waals surface area contributed by atoms with E-state index in [0.717, 1.165) is 17.8 Å². The maximum atomic E-state index is 12.2. The monoisotopic (exact) mass is 350 g/mol. The number of amides is 1. The summed E-state index contributed by atoms with van der Waals surface area (Å²) in [6.45, 7) is 3.70. The Morgan fingerprint density at radius 2 is 1.96 bits per heavy atom. The zero-order valence-corrected chi connectivity index (χ0v) is 15.0. The van der Waals surface area contributed by atoms with Crippen LogP contribution in [0.2, 0.25) is 0 Å². The van der Waals surface area contributed by atoms with Gasteiger partial charge in [0, 0.05) is 18.8 Å². The number of aromatic nitrogens is 2. The van der Waals surface area contributed by atoms with Crippen molar-refractivity contribution in [2.45, 2.75) is 26.6 Å². The first-order valence-corrected chi connectivity index (χ1v) is 8.48. The Hall–Kier alpha value is -2.99. The zero-order chi connectivity index (χ0) is 18.4. The largest absolute Gasteiger partial charge is 0.359 e. The number of aryl methyl sites for hydroxylation is 1. The summed E-state index contributed by atoms with van der Waals surface area (Å²) in [5.41, 5.74) is 3.38. The molecule has 2 heterocycles. The maximum absolute atomic E-state index is 12.2. The third kappa shape index (κ3) is 4.77. The molecule has 2 aromatic heterocycles. The van der Waals surface area contributed by atoms with E-state index < -0.39 is 0 Å². The van der Waals surface area contributed by atoms with Crippen molar-refractivity contribution in [1.82, 2.24) is 20.4 Å². The molecule has 0 unspecified atom stereocenters. The van der Waals surface area contributed by atoms with E-state index in [1.54, 1.807) is 12.3 Å². The van der Waals surface area contributed by atoms with Gasteiger partial charge in [-0.1, -0.05) is 41.6 Å². The Morgan fingerprint density at radius 3 is 2.73 bits per heavy atom. The Morgan fingerprint density at radius 1 is 1.15 bits per heavy atom. The highest BCUT2D eigenvalue weighted by Crippen LogP contribution is 2.10. The van der Waals surface area contributed by atoms with E-state index in [9.17, 15) is 4.79 Å². The highest BCUT2D eigenvalue weighted by Gasteiger charge is 2.14. The average Bonchev–Trinajstić information content (AvgIpc) is 3.10. The van der Waals surface area contributed by atoms with Crippen LogP contribution in [-0.4, -0.2) is 28.0 Å². The molecule has 3 aromatic rings. The number of nitrogens with zero attached hydrogens (tertiary/aromatic N) is 3. The van der Waals surface area contributed by atoms with Crippen molar-refractivity contribution in [2.75, 3.05) is 7.05 Å². The van der Waals surface area contributed by atoms with Crippen molar-refractivity contribution in [2.24, 2.45) is 0 Å². The Balaban J connectivity index is 1.53. The lowest BCUT2D eigenvalue weighted by Gasteiger charge is -2.14. The van der Waals surface area contributed by atoms with E-state index in [4.69, 9.17) is 4.52 Å². The molecule has 1 amide bonds. The molecular weight excluding hydrogens is 328 g/mol. The van der Waals surface area contributed by atoms with Crippen LogP contribution in [0.5, 0.6) is 0 Å². The fraction of sp³-hybridized carbons (Fsp3) is 0.250. The highest BCUT2D eigenvalue weighted by molar-refractivity contribution is 5.92. The van der Waals surface area contributed by atoms with E-state index in [1.807, 2.05) is 44.3 Å². The SMILES string of the molecule is Cc1cccnc1CNC(=O)c1cc(CN(C)Cc2ccccc2)on1. The second-order valence-electron chi connectivity index (χ2n) is 6.29. The second kappa shape index (κ2) is 8.40. The quantitative estimate of drug-likeness (QED) is 0.709. The smallest absolute Gasteiger partial charge is 0.273 e. The van der Waals surface area contributed by atoms with E-state index in [-0.39, 0.29) is 11.6 Å². The van der Waals surface area contributed by atoms with Crippen LogP contribution in [0.3, 0.4) is 0 Å². The Labute approximate surface area is 152 Å². The van der Waals surface area contributed by atoms with Crippen LogP contribution < -0.4 is 5.32 Å². The summed E-state index contributed by atoms with van der Waals surface area (Å²) in [6.07, 6.45) is 1.71. The number of carbonyl (C=O) groups excluding carboxylic acids is 1. The molecule has 6 heteroatoms. The summed E-state index contributed by atoms with van der Waals surface area (Å²) in [6, 6.07) is 15.7. The molecule has 0 fully saturated rings. The molecule has 0 radical (unpaired) electrons. The van der Waals surface area contributed by atoms with Crippen molar-refractivity contribution in [3.63, 3.8) is 0 Å². The molecule has 3 rings (SSSR count). The van der Waals surface area contributed by atoms with Gasteiger partial charge < -0.3 is 9.84 Å². The summed E-state index contributed by atoms with van der Waals surface area (Å²) >= 11 is 0. The van der Waals surface area contributed by atoms with Gasteiger partial charge in [0.2, 0.25) is 0 Å². The van der Waals surface area contributed by atoms with Gasteiger partial charge in [0.05, 0.1) is 18.8 Å². The number of carbonyl (C=O) groups is 1. The molecule has 0 aliphatic carbocycles. The molecule has 0 spiro atoms. The van der Waals surface area contributed by atoms with Crippen LogP contribution in [-0.2, 0) is 19.6 Å². The van der Waals surface area contributed by atoms with Crippen LogP contribution >= 0.6 is 0 Å². The summed E-state index contributed by atoms with van der Waals surface area (Å²) in [4.78, 5) is 18.6. The number of hydrogen-bond donors (Lipinski definition) is 1. The topological polar surface area (TPSA) is 71.3 Å². The fourth-order valence-corrected chi connectivity index (χ4v) is 2.67. The van der Waals surface area contributed by atoms with Crippen molar-refractivity contribution < 1.29 is 9.32 Å². The molecule has 0 bridgehead atoms. The molecule has 26 heavy (non-hydrogen) atoms. The molecule has 0 aliphatic heterocycles. The summed E-state index contributed by atoms with van der Waals surface area (Å²) in [5, 5.41) is 6.70. The van der Waals surface area contributed by atoms with Crippen LogP contribution in [0.1, 0.15) is 33.1 Å². The first-order chi connectivity index (χ1) is 12.6. The minimum Gasteiger partial charge on any atom is -0.359 e. The van der Waals surface area contributed by atoms with Crippen molar-refractivity contribution in [1.29, 1.82) is 0 Å². The Kier molecular flexibility index (Phi) is 5.76. The minimum atomic E-state index is -0.268. The predicted octanol–water partition coefficient (Wildman–Crippen LogP) is 2.94. The number of benzene rings is 1. The molecule has 1 N–H and O–H groups in total. The summed E-state index contributed by atoms with van der Waals surface area (Å²) in [7, 11) is 2.00. The fourth-order valence-electron chi connectivity index (χ4n) is 2.67. The minimum absolute atomic E-state index is 0.268. The first-order valence-electron chi connectivity index (χ1n) is 8.48. The predicted molar refractivity (Wildman–Crippen MR) is 98.3 cm³/mol. The van der Waals surface area contributed by atoms with Gasteiger partial charge in [0.1, 0.15) is 0 Å². The molecule has 1 aromatic carbocycles. The van der Waals surface area contributed by atoms with Gasteiger partial charge in [-0.15, -0.1) is 0 Å². The van der Waals surface area contributed by atoms with Crippen LogP contribution in [0, 0.1) is 6.92 Å². The zero-order valence-electron chi connectivity index (χ0n) is 15.0. The Bertz CT molecular complexity index is 861. The first kappa shape index (κ1) is 17.8. The molecular formula is C20H22N4O2. The number of pyridine rings is 1. The van der Waals surface area contributed by atoms with E-state index in [1.165, 1.54) is 5.56 Å². The number of nitrogens with one attached hydrogen (secondary N) is 1. The van der Waals surface area contributed by atoms with E-state index >= 15 is 0 Å². The number of rotatable bonds is 7. The van der Waals surface area contributed by atoms with Gasteiger partial charge in [-0.05, 0) is 31.2 Å². The number of hydrogen-bond acceptors (Lipinski definition) is 5. The molecule has 6 nitrogen and oxygen atoms in total. The third-order valence-electron chi connectivity index (χ3n) is 4.05.